The van der Waals surface area contributed by atoms with E-state index < -0.39 is 0 Å². The van der Waals surface area contributed by atoms with Crippen LogP contribution < -0.4 is 0 Å². The van der Waals surface area contributed by atoms with Gasteiger partial charge in [0.1, 0.15) is 0 Å². The van der Waals surface area contributed by atoms with Crippen molar-refractivity contribution in [2.45, 2.75) is 44.3 Å². The molecule has 0 unspecified atom stereocenters. The van der Waals surface area contributed by atoms with Crippen molar-refractivity contribution in [1.29, 1.82) is 5.26 Å². The summed E-state index contributed by atoms with van der Waals surface area (Å²) in [7, 11) is 0. The van der Waals surface area contributed by atoms with Crippen molar-refractivity contribution in [2.24, 2.45) is 11.8 Å². The number of piperidine rings is 3. The normalized spacial score (nSPS) is 33.7. The van der Waals surface area contributed by atoms with Crippen LogP contribution in [0.1, 0.15) is 36.8 Å². The van der Waals surface area contributed by atoms with Crippen LogP contribution in [0.5, 0.6) is 0 Å². The predicted octanol–water partition coefficient (Wildman–Crippen LogP) is 2.23. The second-order valence-electron chi connectivity index (χ2n) is 7.77. The summed E-state index contributed by atoms with van der Waals surface area (Å²) in [5, 5.41) is 19.3. The van der Waals surface area contributed by atoms with Crippen LogP contribution in [0.4, 0.5) is 0 Å². The highest BCUT2D eigenvalue weighted by Crippen LogP contribution is 2.41. The Bertz CT molecular complexity index is 612. The Hall–Kier alpha value is -1.41. The van der Waals surface area contributed by atoms with Gasteiger partial charge in [0.05, 0.1) is 18.2 Å². The Labute approximate surface area is 144 Å². The summed E-state index contributed by atoms with van der Waals surface area (Å²) in [5.74, 6) is 1.29. The monoisotopic (exact) mass is 325 g/mol. The molecule has 3 aliphatic rings. The van der Waals surface area contributed by atoms with Gasteiger partial charge in [-0.15, -0.1) is 0 Å². The Morgan fingerprint density at radius 3 is 2.83 bits per heavy atom. The van der Waals surface area contributed by atoms with E-state index in [1.54, 1.807) is 0 Å². The highest BCUT2D eigenvalue weighted by molar-refractivity contribution is 5.37. The molecule has 0 aromatic heterocycles. The lowest BCUT2D eigenvalue weighted by atomic mass is 9.72. The third-order valence-electron chi connectivity index (χ3n) is 6.42. The molecule has 0 amide bonds. The Morgan fingerprint density at radius 2 is 2.00 bits per heavy atom. The lowest BCUT2D eigenvalue weighted by Crippen LogP contribution is -2.64. The van der Waals surface area contributed by atoms with Crippen LogP contribution in [-0.2, 0) is 6.54 Å². The Balaban J connectivity index is 1.53. The maximum Gasteiger partial charge on any atom is 0.0995 e. The second kappa shape index (κ2) is 6.84. The molecular formula is C20H27N3O. The van der Waals surface area contributed by atoms with E-state index in [0.29, 0.717) is 18.0 Å². The molecule has 4 rings (SSSR count). The minimum Gasteiger partial charge on any atom is -0.395 e. The topological polar surface area (TPSA) is 50.5 Å². The van der Waals surface area contributed by atoms with Gasteiger partial charge in [-0.25, -0.2) is 0 Å². The van der Waals surface area contributed by atoms with E-state index in [0.717, 1.165) is 36.7 Å². The molecule has 0 saturated carbocycles. The fraction of sp³-hybridized carbons (Fsp3) is 0.650. The van der Waals surface area contributed by atoms with E-state index in [-0.39, 0.29) is 6.61 Å². The van der Waals surface area contributed by atoms with Gasteiger partial charge in [-0.05, 0) is 49.3 Å². The number of likely N-dealkylation sites (tertiary alicyclic amines) is 1. The van der Waals surface area contributed by atoms with E-state index in [4.69, 9.17) is 0 Å². The first kappa shape index (κ1) is 16.1. The fourth-order valence-electron chi connectivity index (χ4n) is 5.39. The number of fused-ring (bicyclic) bond motifs is 4. The molecule has 0 aliphatic carbocycles. The van der Waals surface area contributed by atoms with Gasteiger partial charge in [-0.2, -0.15) is 5.26 Å². The molecule has 4 heteroatoms. The van der Waals surface area contributed by atoms with Gasteiger partial charge < -0.3 is 5.11 Å². The van der Waals surface area contributed by atoms with Crippen LogP contribution in [0.15, 0.2) is 24.3 Å². The van der Waals surface area contributed by atoms with Crippen molar-refractivity contribution in [3.05, 3.63) is 35.4 Å². The number of hydrogen-bond acceptors (Lipinski definition) is 4. The minimum absolute atomic E-state index is 0.288. The molecule has 4 nitrogen and oxygen atoms in total. The van der Waals surface area contributed by atoms with Crippen molar-refractivity contribution in [3.8, 4) is 6.07 Å². The molecule has 3 aliphatic heterocycles. The number of hydrogen-bond donors (Lipinski definition) is 1. The smallest absolute Gasteiger partial charge is 0.0995 e. The fourth-order valence-corrected chi connectivity index (χ4v) is 5.39. The molecular weight excluding hydrogens is 298 g/mol. The van der Waals surface area contributed by atoms with Gasteiger partial charge in [0.25, 0.3) is 0 Å². The predicted molar refractivity (Wildman–Crippen MR) is 93.2 cm³/mol. The first-order valence-corrected chi connectivity index (χ1v) is 9.37. The third-order valence-corrected chi connectivity index (χ3v) is 6.42. The van der Waals surface area contributed by atoms with Crippen molar-refractivity contribution >= 4 is 0 Å². The number of aliphatic hydroxyl groups is 1. The quantitative estimate of drug-likeness (QED) is 0.926. The first-order valence-electron chi connectivity index (χ1n) is 9.37. The molecule has 3 heterocycles. The maximum absolute atomic E-state index is 10.00. The number of aliphatic hydroxyl groups excluding tert-OH is 1. The lowest BCUT2D eigenvalue weighted by Gasteiger charge is -2.56. The molecule has 24 heavy (non-hydrogen) atoms. The average Bonchev–Trinajstić information content (AvgIpc) is 2.62. The summed E-state index contributed by atoms with van der Waals surface area (Å²) in [5.41, 5.74) is 1.94. The molecule has 0 spiro atoms. The van der Waals surface area contributed by atoms with E-state index in [1.807, 2.05) is 18.2 Å². The van der Waals surface area contributed by atoms with E-state index >= 15 is 0 Å². The van der Waals surface area contributed by atoms with Crippen LogP contribution in [0, 0.1) is 23.2 Å². The summed E-state index contributed by atoms with van der Waals surface area (Å²) >= 11 is 0. The zero-order chi connectivity index (χ0) is 16.5. The molecule has 3 saturated heterocycles. The second-order valence-corrected chi connectivity index (χ2v) is 7.77. The van der Waals surface area contributed by atoms with Gasteiger partial charge >= 0.3 is 0 Å². The molecule has 2 bridgehead atoms. The van der Waals surface area contributed by atoms with Crippen LogP contribution in [0.3, 0.4) is 0 Å². The van der Waals surface area contributed by atoms with Gasteiger partial charge in [0.15, 0.2) is 0 Å². The van der Waals surface area contributed by atoms with Crippen molar-refractivity contribution in [1.82, 2.24) is 9.80 Å². The SMILES string of the molecule is N#Cc1ccccc1CN1C[C@H]2C[C@@H](C1)[C@H](CO)N1CCCC[C@@H]21. The average molecular weight is 325 g/mol. The third kappa shape index (κ3) is 2.86. The van der Waals surface area contributed by atoms with E-state index in [9.17, 15) is 10.4 Å². The summed E-state index contributed by atoms with van der Waals surface area (Å²) in [6, 6.07) is 11.3. The molecule has 0 radical (unpaired) electrons. The van der Waals surface area contributed by atoms with Gasteiger partial charge in [-0.1, -0.05) is 24.6 Å². The number of benzene rings is 1. The van der Waals surface area contributed by atoms with Crippen molar-refractivity contribution in [2.75, 3.05) is 26.2 Å². The molecule has 1 aromatic carbocycles. The van der Waals surface area contributed by atoms with Crippen LogP contribution in [0.25, 0.3) is 0 Å². The first-order chi connectivity index (χ1) is 11.8. The number of rotatable bonds is 3. The molecule has 128 valence electrons. The van der Waals surface area contributed by atoms with Gasteiger partial charge in [0.2, 0.25) is 0 Å². The van der Waals surface area contributed by atoms with E-state index in [2.05, 4.69) is 21.9 Å². The van der Waals surface area contributed by atoms with Crippen LogP contribution >= 0.6 is 0 Å². The Kier molecular flexibility index (Phi) is 4.58. The lowest BCUT2D eigenvalue weighted by molar-refractivity contribution is -0.0875. The highest BCUT2D eigenvalue weighted by atomic mass is 16.3. The highest BCUT2D eigenvalue weighted by Gasteiger charge is 2.46. The van der Waals surface area contributed by atoms with Crippen LogP contribution in [-0.4, -0.2) is 53.2 Å². The molecule has 4 atom stereocenters. The Morgan fingerprint density at radius 1 is 1.17 bits per heavy atom. The minimum atomic E-state index is 0.288. The summed E-state index contributed by atoms with van der Waals surface area (Å²) < 4.78 is 0. The molecule has 1 aromatic rings. The van der Waals surface area contributed by atoms with E-state index in [1.165, 1.54) is 32.2 Å². The number of nitriles is 1. The van der Waals surface area contributed by atoms with Gasteiger partial charge in [-0.3, -0.25) is 9.80 Å². The van der Waals surface area contributed by atoms with Crippen molar-refractivity contribution < 1.29 is 5.11 Å². The largest absolute Gasteiger partial charge is 0.395 e. The maximum atomic E-state index is 10.00. The van der Waals surface area contributed by atoms with Gasteiger partial charge in [0, 0.05) is 31.7 Å². The molecule has 3 fully saturated rings. The summed E-state index contributed by atoms with van der Waals surface area (Å²) in [6.07, 6.45) is 5.17. The summed E-state index contributed by atoms with van der Waals surface area (Å²) in [4.78, 5) is 5.16. The zero-order valence-electron chi connectivity index (χ0n) is 14.3. The van der Waals surface area contributed by atoms with Crippen LogP contribution in [0.2, 0.25) is 0 Å². The zero-order valence-corrected chi connectivity index (χ0v) is 14.3. The standard InChI is InChI=1S/C20H27N3O/c21-10-15-5-1-2-6-16(15)11-22-12-17-9-18(13-22)20(14-24)23-8-4-3-7-19(17)23/h1-2,5-6,17-20,24H,3-4,7-9,11-14H2/t17-,18+,19+,20+/m1/s1. The summed E-state index contributed by atoms with van der Waals surface area (Å²) in [6.45, 7) is 4.50. The molecule has 1 N–H and O–H groups in total. The number of nitrogens with zero attached hydrogens (tertiary/aromatic N) is 3. The van der Waals surface area contributed by atoms with Crippen molar-refractivity contribution in [3.63, 3.8) is 0 Å².